The molecular weight excluding hydrogens is 236 g/mol. The lowest BCUT2D eigenvalue weighted by atomic mass is 10.0. The smallest absolute Gasteiger partial charge is 0.219 e. The minimum Gasteiger partial charge on any atom is -0.361 e. The van der Waals surface area contributed by atoms with E-state index in [2.05, 4.69) is 37.9 Å². The fraction of sp³-hybridized carbons (Fsp3) is 0.438. The highest BCUT2D eigenvalue weighted by Crippen LogP contribution is 2.20. The molecule has 0 spiro atoms. The van der Waals surface area contributed by atoms with E-state index in [4.69, 9.17) is 0 Å². The van der Waals surface area contributed by atoms with Crippen molar-refractivity contribution in [1.29, 1.82) is 0 Å². The maximum absolute atomic E-state index is 11.7. The molecule has 1 amide bonds. The van der Waals surface area contributed by atoms with Crippen molar-refractivity contribution >= 4 is 16.8 Å². The van der Waals surface area contributed by atoms with Crippen LogP contribution in [-0.2, 0) is 11.2 Å². The molecule has 19 heavy (non-hydrogen) atoms. The number of fused-ring (bicyclic) bond motifs is 1. The zero-order valence-corrected chi connectivity index (χ0v) is 12.2. The molecule has 0 atom stereocenters. The van der Waals surface area contributed by atoms with E-state index in [1.165, 1.54) is 10.9 Å². The molecule has 3 heteroatoms. The number of carbonyl (C=O) groups excluding carboxylic acids is 1. The van der Waals surface area contributed by atoms with Crippen LogP contribution in [0.2, 0.25) is 0 Å². The summed E-state index contributed by atoms with van der Waals surface area (Å²) in [6, 6.07) is 8.27. The second-order valence-corrected chi connectivity index (χ2v) is 5.95. The summed E-state index contributed by atoms with van der Waals surface area (Å²) < 4.78 is 0. The molecule has 102 valence electrons. The van der Waals surface area contributed by atoms with E-state index in [-0.39, 0.29) is 11.4 Å². The zero-order chi connectivity index (χ0) is 14.0. The van der Waals surface area contributed by atoms with Crippen LogP contribution in [0.25, 0.3) is 10.9 Å². The predicted octanol–water partition coefficient (Wildman–Crippen LogP) is 3.36. The molecule has 2 aromatic rings. The number of amides is 1. The number of hydrogen-bond acceptors (Lipinski definition) is 1. The number of carbonyl (C=O) groups is 1. The first-order chi connectivity index (χ1) is 8.89. The van der Waals surface area contributed by atoms with Gasteiger partial charge in [-0.15, -0.1) is 0 Å². The Morgan fingerprint density at radius 2 is 1.95 bits per heavy atom. The first-order valence-electron chi connectivity index (χ1n) is 6.73. The van der Waals surface area contributed by atoms with Gasteiger partial charge < -0.3 is 9.88 Å². The normalized spacial score (nSPS) is 11.8. The van der Waals surface area contributed by atoms with E-state index < -0.39 is 0 Å². The molecule has 1 aromatic carbocycles. The Morgan fingerprint density at radius 1 is 1.26 bits per heavy atom. The SMILES string of the molecule is CC(=O)N(CCc1c[nH]c2ccccc12)C(C)(C)C. The quantitative estimate of drug-likeness (QED) is 0.900. The van der Waals surface area contributed by atoms with Gasteiger partial charge in [-0.2, -0.15) is 0 Å². The molecule has 0 unspecified atom stereocenters. The monoisotopic (exact) mass is 258 g/mol. The number of H-pyrrole nitrogens is 1. The summed E-state index contributed by atoms with van der Waals surface area (Å²) in [5.74, 6) is 0.132. The Morgan fingerprint density at radius 3 is 2.58 bits per heavy atom. The summed E-state index contributed by atoms with van der Waals surface area (Å²) in [4.78, 5) is 16.9. The minimum atomic E-state index is -0.127. The third kappa shape index (κ3) is 2.98. The molecule has 0 bridgehead atoms. The van der Waals surface area contributed by atoms with Crippen LogP contribution < -0.4 is 0 Å². The van der Waals surface area contributed by atoms with Crippen LogP contribution in [0.15, 0.2) is 30.5 Å². The first-order valence-corrected chi connectivity index (χ1v) is 6.73. The second-order valence-electron chi connectivity index (χ2n) is 5.95. The third-order valence-corrected chi connectivity index (χ3v) is 3.47. The van der Waals surface area contributed by atoms with Gasteiger partial charge in [0.25, 0.3) is 0 Å². The van der Waals surface area contributed by atoms with Gasteiger partial charge in [-0.1, -0.05) is 18.2 Å². The number of benzene rings is 1. The molecule has 0 aliphatic rings. The van der Waals surface area contributed by atoms with Crippen LogP contribution >= 0.6 is 0 Å². The molecule has 0 saturated carbocycles. The molecule has 3 nitrogen and oxygen atoms in total. The molecule has 1 N–H and O–H groups in total. The zero-order valence-electron chi connectivity index (χ0n) is 12.2. The minimum absolute atomic E-state index is 0.127. The molecule has 0 aliphatic heterocycles. The fourth-order valence-corrected chi connectivity index (χ4v) is 2.54. The van der Waals surface area contributed by atoms with Crippen molar-refractivity contribution in [1.82, 2.24) is 9.88 Å². The van der Waals surface area contributed by atoms with Crippen LogP contribution in [-0.4, -0.2) is 27.9 Å². The summed E-state index contributed by atoms with van der Waals surface area (Å²) in [6.45, 7) is 8.61. The first kappa shape index (κ1) is 13.7. The number of aromatic nitrogens is 1. The van der Waals surface area contributed by atoms with Crippen molar-refractivity contribution in [2.75, 3.05) is 6.54 Å². The highest BCUT2D eigenvalue weighted by molar-refractivity contribution is 5.83. The number of nitrogens with zero attached hydrogens (tertiary/aromatic N) is 1. The Hall–Kier alpha value is -1.77. The van der Waals surface area contributed by atoms with Crippen molar-refractivity contribution in [3.8, 4) is 0 Å². The van der Waals surface area contributed by atoms with E-state index in [0.29, 0.717) is 0 Å². The Balaban J connectivity index is 2.15. The number of hydrogen-bond donors (Lipinski definition) is 1. The van der Waals surface area contributed by atoms with Gasteiger partial charge in [0.1, 0.15) is 0 Å². The summed E-state index contributed by atoms with van der Waals surface area (Å²) in [7, 11) is 0. The van der Waals surface area contributed by atoms with Crippen molar-refractivity contribution in [3.05, 3.63) is 36.0 Å². The summed E-state index contributed by atoms with van der Waals surface area (Å²) in [6.07, 6.45) is 2.92. The average molecular weight is 258 g/mol. The molecule has 0 saturated heterocycles. The number of para-hydroxylation sites is 1. The van der Waals surface area contributed by atoms with Crippen LogP contribution in [0.5, 0.6) is 0 Å². The molecule has 0 fully saturated rings. The van der Waals surface area contributed by atoms with Gasteiger partial charge in [0.15, 0.2) is 0 Å². The molecule has 0 radical (unpaired) electrons. The highest BCUT2D eigenvalue weighted by atomic mass is 16.2. The Bertz CT molecular complexity index is 578. The number of aromatic amines is 1. The lowest BCUT2D eigenvalue weighted by Gasteiger charge is -2.35. The lowest BCUT2D eigenvalue weighted by Crippen LogP contribution is -2.45. The van der Waals surface area contributed by atoms with Crippen molar-refractivity contribution in [2.24, 2.45) is 0 Å². The molecule has 1 heterocycles. The van der Waals surface area contributed by atoms with Gasteiger partial charge in [-0.25, -0.2) is 0 Å². The Labute approximate surface area is 114 Å². The van der Waals surface area contributed by atoms with Crippen LogP contribution in [0.3, 0.4) is 0 Å². The van der Waals surface area contributed by atoms with Crippen LogP contribution in [0.4, 0.5) is 0 Å². The third-order valence-electron chi connectivity index (χ3n) is 3.47. The maximum Gasteiger partial charge on any atom is 0.219 e. The molecule has 1 aromatic heterocycles. The molecule has 0 aliphatic carbocycles. The summed E-state index contributed by atoms with van der Waals surface area (Å²) >= 11 is 0. The largest absolute Gasteiger partial charge is 0.361 e. The standard InChI is InChI=1S/C16H22N2O/c1-12(19)18(16(2,3)4)10-9-13-11-17-15-8-6-5-7-14(13)15/h5-8,11,17H,9-10H2,1-4H3. The van der Waals surface area contributed by atoms with Crippen molar-refractivity contribution < 1.29 is 4.79 Å². The van der Waals surface area contributed by atoms with E-state index in [1.54, 1.807) is 6.92 Å². The van der Waals surface area contributed by atoms with Gasteiger partial charge in [0, 0.05) is 36.1 Å². The van der Waals surface area contributed by atoms with E-state index in [0.717, 1.165) is 18.5 Å². The van der Waals surface area contributed by atoms with E-state index in [1.807, 2.05) is 23.2 Å². The van der Waals surface area contributed by atoms with E-state index >= 15 is 0 Å². The van der Waals surface area contributed by atoms with Gasteiger partial charge >= 0.3 is 0 Å². The van der Waals surface area contributed by atoms with E-state index in [9.17, 15) is 4.79 Å². The van der Waals surface area contributed by atoms with Crippen LogP contribution in [0, 0.1) is 0 Å². The number of nitrogens with one attached hydrogen (secondary N) is 1. The van der Waals surface area contributed by atoms with Gasteiger partial charge in [-0.3, -0.25) is 4.79 Å². The summed E-state index contributed by atoms with van der Waals surface area (Å²) in [5, 5.41) is 1.25. The van der Waals surface area contributed by atoms with Gasteiger partial charge in [0.2, 0.25) is 5.91 Å². The van der Waals surface area contributed by atoms with Gasteiger partial charge in [0.05, 0.1) is 0 Å². The molecule has 2 rings (SSSR count). The van der Waals surface area contributed by atoms with Gasteiger partial charge in [-0.05, 0) is 38.8 Å². The Kier molecular flexibility index (Phi) is 3.65. The molecular formula is C16H22N2O. The van der Waals surface area contributed by atoms with Crippen molar-refractivity contribution in [2.45, 2.75) is 39.7 Å². The second kappa shape index (κ2) is 5.08. The maximum atomic E-state index is 11.7. The van der Waals surface area contributed by atoms with Crippen LogP contribution in [0.1, 0.15) is 33.3 Å². The highest BCUT2D eigenvalue weighted by Gasteiger charge is 2.23. The predicted molar refractivity (Wildman–Crippen MR) is 79.1 cm³/mol. The summed E-state index contributed by atoms with van der Waals surface area (Å²) in [5.41, 5.74) is 2.30. The topological polar surface area (TPSA) is 36.1 Å². The van der Waals surface area contributed by atoms with Crippen molar-refractivity contribution in [3.63, 3.8) is 0 Å². The lowest BCUT2D eigenvalue weighted by molar-refractivity contribution is -0.133. The fourth-order valence-electron chi connectivity index (χ4n) is 2.54. The average Bonchev–Trinajstić information content (AvgIpc) is 2.71. The number of rotatable bonds is 3.